The summed E-state index contributed by atoms with van der Waals surface area (Å²) in [6, 6.07) is 15.3. The molecule has 2 rings (SSSR count). The Hall–Kier alpha value is -2.29. The zero-order valence-electron chi connectivity index (χ0n) is 11.3. The van der Waals surface area contributed by atoms with Gasteiger partial charge in [-0.15, -0.1) is 0 Å². The summed E-state index contributed by atoms with van der Waals surface area (Å²) in [7, 11) is 0. The third-order valence-corrected chi connectivity index (χ3v) is 3.00. The Morgan fingerprint density at radius 3 is 2.45 bits per heavy atom. The van der Waals surface area contributed by atoms with E-state index in [1.54, 1.807) is 6.21 Å². The van der Waals surface area contributed by atoms with Crippen molar-refractivity contribution in [1.82, 2.24) is 0 Å². The maximum atomic E-state index is 12.8. The molecule has 2 aromatic rings. The van der Waals surface area contributed by atoms with Gasteiger partial charge in [0.05, 0.1) is 0 Å². The molecule has 2 nitrogen and oxygen atoms in total. The summed E-state index contributed by atoms with van der Waals surface area (Å²) in [6.45, 7) is 2.25. The van der Waals surface area contributed by atoms with Crippen molar-refractivity contribution in [2.45, 2.75) is 6.92 Å². The van der Waals surface area contributed by atoms with Crippen LogP contribution in [0.5, 0.6) is 0 Å². The lowest BCUT2D eigenvalue weighted by Crippen LogP contribution is -2.14. The van der Waals surface area contributed by atoms with Crippen molar-refractivity contribution in [3.05, 3.63) is 71.5 Å². The lowest BCUT2D eigenvalue weighted by molar-refractivity contribution is 0.0934. The van der Waals surface area contributed by atoms with Gasteiger partial charge in [-0.2, -0.15) is 0 Å². The SMILES string of the molecule is CC(CN=Cc1ccccc1)C(=O)c1ccc(F)cc1. The van der Waals surface area contributed by atoms with Crippen LogP contribution in [-0.4, -0.2) is 18.5 Å². The van der Waals surface area contributed by atoms with Crippen molar-refractivity contribution in [3.8, 4) is 0 Å². The van der Waals surface area contributed by atoms with E-state index < -0.39 is 0 Å². The zero-order chi connectivity index (χ0) is 14.4. The Kier molecular flexibility index (Phi) is 4.77. The molecule has 0 aliphatic heterocycles. The lowest BCUT2D eigenvalue weighted by Gasteiger charge is -2.07. The second-order valence-corrected chi connectivity index (χ2v) is 4.68. The molecule has 102 valence electrons. The first kappa shape index (κ1) is 14.1. The normalized spacial score (nSPS) is 12.5. The zero-order valence-corrected chi connectivity index (χ0v) is 11.3. The van der Waals surface area contributed by atoms with Gasteiger partial charge in [-0.1, -0.05) is 37.3 Å². The van der Waals surface area contributed by atoms with E-state index in [0.29, 0.717) is 12.1 Å². The average molecular weight is 269 g/mol. The number of aliphatic imine (C=N–C) groups is 1. The van der Waals surface area contributed by atoms with Crippen LogP contribution < -0.4 is 0 Å². The Bertz CT molecular complexity index is 590. The maximum Gasteiger partial charge on any atom is 0.167 e. The Morgan fingerprint density at radius 1 is 1.15 bits per heavy atom. The number of carbonyl (C=O) groups is 1. The minimum absolute atomic E-state index is 0.0183. The van der Waals surface area contributed by atoms with E-state index in [2.05, 4.69) is 4.99 Å². The monoisotopic (exact) mass is 269 g/mol. The second kappa shape index (κ2) is 6.75. The van der Waals surface area contributed by atoms with Crippen LogP contribution in [0.2, 0.25) is 0 Å². The van der Waals surface area contributed by atoms with E-state index in [1.807, 2.05) is 37.3 Å². The molecule has 0 aliphatic rings. The second-order valence-electron chi connectivity index (χ2n) is 4.68. The first-order chi connectivity index (χ1) is 9.66. The highest BCUT2D eigenvalue weighted by Crippen LogP contribution is 2.10. The van der Waals surface area contributed by atoms with E-state index >= 15 is 0 Å². The molecule has 0 amide bonds. The van der Waals surface area contributed by atoms with Crippen molar-refractivity contribution in [1.29, 1.82) is 0 Å². The summed E-state index contributed by atoms with van der Waals surface area (Å²) in [6.07, 6.45) is 1.76. The number of hydrogen-bond acceptors (Lipinski definition) is 2. The third-order valence-electron chi connectivity index (χ3n) is 3.00. The van der Waals surface area contributed by atoms with Crippen LogP contribution in [0, 0.1) is 11.7 Å². The van der Waals surface area contributed by atoms with Gasteiger partial charge in [0.15, 0.2) is 5.78 Å². The highest BCUT2D eigenvalue weighted by atomic mass is 19.1. The smallest absolute Gasteiger partial charge is 0.167 e. The highest BCUT2D eigenvalue weighted by Gasteiger charge is 2.14. The fourth-order valence-corrected chi connectivity index (χ4v) is 1.84. The molecular weight excluding hydrogens is 253 g/mol. The molecule has 0 aliphatic carbocycles. The molecule has 20 heavy (non-hydrogen) atoms. The van der Waals surface area contributed by atoms with Gasteiger partial charge >= 0.3 is 0 Å². The number of halogens is 1. The number of carbonyl (C=O) groups excluding carboxylic acids is 1. The minimum Gasteiger partial charge on any atom is -0.294 e. The van der Waals surface area contributed by atoms with E-state index in [4.69, 9.17) is 0 Å². The van der Waals surface area contributed by atoms with Gasteiger partial charge in [-0.25, -0.2) is 4.39 Å². The predicted molar refractivity (Wildman–Crippen MR) is 78.8 cm³/mol. The number of rotatable bonds is 5. The van der Waals surface area contributed by atoms with Crippen LogP contribution >= 0.6 is 0 Å². The largest absolute Gasteiger partial charge is 0.294 e. The van der Waals surface area contributed by atoms with Crippen LogP contribution in [0.4, 0.5) is 4.39 Å². The summed E-state index contributed by atoms with van der Waals surface area (Å²) in [5.41, 5.74) is 1.53. The van der Waals surface area contributed by atoms with Crippen molar-refractivity contribution in [2.75, 3.05) is 6.54 Å². The number of ketones is 1. The quantitative estimate of drug-likeness (QED) is 0.600. The first-order valence-electron chi connectivity index (χ1n) is 6.51. The molecule has 0 aromatic heterocycles. The number of hydrogen-bond donors (Lipinski definition) is 0. The summed E-state index contributed by atoms with van der Waals surface area (Å²) in [5.74, 6) is -0.577. The van der Waals surface area contributed by atoms with Crippen LogP contribution in [0.15, 0.2) is 59.6 Å². The number of benzene rings is 2. The van der Waals surface area contributed by atoms with Crippen molar-refractivity contribution in [2.24, 2.45) is 10.9 Å². The maximum absolute atomic E-state index is 12.8. The van der Waals surface area contributed by atoms with E-state index in [-0.39, 0.29) is 17.5 Å². The van der Waals surface area contributed by atoms with E-state index in [0.717, 1.165) is 5.56 Å². The van der Waals surface area contributed by atoms with Crippen LogP contribution in [0.25, 0.3) is 0 Å². The summed E-state index contributed by atoms with van der Waals surface area (Å²) >= 11 is 0. The van der Waals surface area contributed by atoms with Gasteiger partial charge in [-0.3, -0.25) is 9.79 Å². The summed E-state index contributed by atoms with van der Waals surface area (Å²) < 4.78 is 12.8. The third kappa shape index (κ3) is 3.85. The molecule has 1 atom stereocenters. The molecule has 0 bridgehead atoms. The fraction of sp³-hybridized carbons (Fsp3) is 0.176. The molecule has 0 fully saturated rings. The molecular formula is C17H16FNO. The number of nitrogens with zero attached hydrogens (tertiary/aromatic N) is 1. The van der Waals surface area contributed by atoms with E-state index in [9.17, 15) is 9.18 Å². The van der Waals surface area contributed by atoms with Crippen LogP contribution in [0.3, 0.4) is 0 Å². The molecule has 0 N–H and O–H groups in total. The highest BCUT2D eigenvalue weighted by molar-refractivity contribution is 5.97. The topological polar surface area (TPSA) is 29.4 Å². The Labute approximate surface area is 118 Å². The van der Waals surface area contributed by atoms with Gasteiger partial charge in [0.25, 0.3) is 0 Å². The van der Waals surface area contributed by atoms with E-state index in [1.165, 1.54) is 24.3 Å². The molecule has 1 unspecified atom stereocenters. The molecule has 0 saturated carbocycles. The lowest BCUT2D eigenvalue weighted by atomic mass is 9.99. The van der Waals surface area contributed by atoms with Gasteiger partial charge < -0.3 is 0 Å². The molecule has 0 radical (unpaired) electrons. The number of Topliss-reactive ketones (excluding diaryl/α,β-unsaturated/α-hetero) is 1. The summed E-state index contributed by atoms with van der Waals surface area (Å²) in [4.78, 5) is 16.4. The van der Waals surface area contributed by atoms with Crippen molar-refractivity contribution >= 4 is 12.0 Å². The Morgan fingerprint density at radius 2 is 1.80 bits per heavy atom. The average Bonchev–Trinajstić information content (AvgIpc) is 2.48. The van der Waals surface area contributed by atoms with Gasteiger partial charge in [0.1, 0.15) is 5.82 Å². The molecule has 2 aromatic carbocycles. The summed E-state index contributed by atoms with van der Waals surface area (Å²) in [5, 5.41) is 0. The molecule has 0 heterocycles. The predicted octanol–water partition coefficient (Wildman–Crippen LogP) is 3.76. The van der Waals surface area contributed by atoms with Gasteiger partial charge in [0, 0.05) is 24.2 Å². The van der Waals surface area contributed by atoms with Crippen molar-refractivity contribution < 1.29 is 9.18 Å². The molecule has 0 saturated heterocycles. The first-order valence-corrected chi connectivity index (χ1v) is 6.51. The van der Waals surface area contributed by atoms with Crippen LogP contribution in [-0.2, 0) is 0 Å². The molecule has 3 heteroatoms. The minimum atomic E-state index is -0.337. The Balaban J connectivity index is 1.94. The standard InChI is InChI=1S/C17H16FNO/c1-13(11-19-12-14-5-3-2-4-6-14)17(20)15-7-9-16(18)10-8-15/h2-10,12-13H,11H2,1H3. The van der Waals surface area contributed by atoms with Gasteiger partial charge in [0.2, 0.25) is 0 Å². The van der Waals surface area contributed by atoms with Gasteiger partial charge in [-0.05, 0) is 29.8 Å². The fourth-order valence-electron chi connectivity index (χ4n) is 1.84. The molecule has 0 spiro atoms. The van der Waals surface area contributed by atoms with Crippen molar-refractivity contribution in [3.63, 3.8) is 0 Å². The van der Waals surface area contributed by atoms with Crippen LogP contribution in [0.1, 0.15) is 22.8 Å².